The lowest BCUT2D eigenvalue weighted by Crippen LogP contribution is -2.58. The lowest BCUT2D eigenvalue weighted by Gasteiger charge is -2.42. The Morgan fingerprint density at radius 1 is 0.741 bits per heavy atom. The summed E-state index contributed by atoms with van der Waals surface area (Å²) in [5, 5.41) is 0. The Hall–Kier alpha value is 1.46. The predicted molar refractivity (Wildman–Crippen MR) is 135 cm³/mol. The van der Waals surface area contributed by atoms with Gasteiger partial charge in [0.15, 0.2) is 16.6 Å². The lowest BCUT2D eigenvalue weighted by atomic mass is 10.6. The Morgan fingerprint density at radius 3 is 1.56 bits per heavy atom. The SMILES string of the molecule is C=C[Si](C)(C)O[Si](C)(C)O[Si](C)(C)O[Si](C)(C)O[Si](C)(C)CCC[SiH](Cl)Cl. The first kappa shape index (κ1) is 28.5. The molecule has 0 saturated heterocycles. The van der Waals surface area contributed by atoms with E-state index in [0.29, 0.717) is 0 Å². The Labute approximate surface area is 183 Å². The third-order valence-electron chi connectivity index (χ3n) is 3.71. The molecular weight excluding hydrogens is 484 g/mol. The van der Waals surface area contributed by atoms with Gasteiger partial charge in [0.25, 0.3) is 0 Å². The van der Waals surface area contributed by atoms with Crippen LogP contribution in [0.1, 0.15) is 6.42 Å². The van der Waals surface area contributed by atoms with Crippen LogP contribution in [0.25, 0.3) is 0 Å². The first-order valence-electron chi connectivity index (χ1n) is 9.53. The van der Waals surface area contributed by atoms with E-state index in [9.17, 15) is 0 Å². The van der Waals surface area contributed by atoms with Crippen molar-refractivity contribution in [3.8, 4) is 0 Å². The van der Waals surface area contributed by atoms with E-state index >= 15 is 0 Å². The zero-order chi connectivity index (χ0) is 21.7. The molecule has 0 heterocycles. The summed E-state index contributed by atoms with van der Waals surface area (Å²) >= 11 is 12.0. The van der Waals surface area contributed by atoms with Crippen LogP contribution in [-0.4, -0.2) is 49.7 Å². The van der Waals surface area contributed by atoms with Gasteiger partial charge in [0.1, 0.15) is 0 Å². The third-order valence-corrected chi connectivity index (χ3v) is 24.5. The Morgan fingerprint density at radius 2 is 1.15 bits per heavy atom. The van der Waals surface area contributed by atoms with Crippen LogP contribution in [0, 0.1) is 0 Å². The number of hydrogen-bond acceptors (Lipinski definition) is 4. The monoisotopic (exact) mass is 522 g/mol. The highest BCUT2D eigenvalue weighted by atomic mass is 35.7. The summed E-state index contributed by atoms with van der Waals surface area (Å²) in [6, 6.07) is 2.00. The average molecular weight is 524 g/mol. The molecule has 0 aromatic heterocycles. The van der Waals surface area contributed by atoms with E-state index in [1.807, 2.05) is 5.70 Å². The minimum atomic E-state index is -2.39. The molecule has 0 aromatic carbocycles. The van der Waals surface area contributed by atoms with E-state index < -0.39 is 49.7 Å². The van der Waals surface area contributed by atoms with Gasteiger partial charge in [0.2, 0.25) is 7.42 Å². The van der Waals surface area contributed by atoms with Crippen LogP contribution in [0.4, 0.5) is 0 Å². The molecule has 0 fully saturated rings. The molecule has 0 amide bonds. The van der Waals surface area contributed by atoms with Crippen molar-refractivity contribution in [2.45, 2.75) is 84.0 Å². The molecule has 0 rings (SSSR count). The fourth-order valence-electron chi connectivity index (χ4n) is 3.32. The highest BCUT2D eigenvalue weighted by Crippen LogP contribution is 2.28. The van der Waals surface area contributed by atoms with Crippen LogP contribution in [0.15, 0.2) is 12.3 Å². The Bertz CT molecular complexity index is 487. The van der Waals surface area contributed by atoms with Gasteiger partial charge in [-0.2, -0.15) is 22.2 Å². The third kappa shape index (κ3) is 14.2. The molecule has 0 aromatic rings. The number of hydrogen-bond donors (Lipinski definition) is 0. The molecule has 0 saturated carbocycles. The summed E-state index contributed by atoms with van der Waals surface area (Å²) in [4.78, 5) is 0. The summed E-state index contributed by atoms with van der Waals surface area (Å²) < 4.78 is 26.0. The second-order valence-corrected chi connectivity index (χ2v) is 33.9. The van der Waals surface area contributed by atoms with Gasteiger partial charge in [-0.15, -0.1) is 6.58 Å². The molecule has 0 atom stereocenters. The zero-order valence-corrected chi connectivity index (χ0v) is 26.5. The largest absolute Gasteiger partial charge is 0.436 e. The predicted octanol–water partition coefficient (Wildman–Crippen LogP) is 6.38. The maximum atomic E-state index is 6.59. The summed E-state index contributed by atoms with van der Waals surface area (Å²) in [7, 11) is -12.3. The maximum absolute atomic E-state index is 6.59. The summed E-state index contributed by atoms with van der Waals surface area (Å²) in [5.74, 6) is 0. The van der Waals surface area contributed by atoms with Crippen molar-refractivity contribution in [2.24, 2.45) is 0 Å². The van der Waals surface area contributed by atoms with Gasteiger partial charge < -0.3 is 16.5 Å². The molecule has 4 nitrogen and oxygen atoms in total. The zero-order valence-electron chi connectivity index (χ0n) is 18.9. The molecule has 0 radical (unpaired) electrons. The van der Waals surface area contributed by atoms with E-state index in [2.05, 4.69) is 72.0 Å². The Balaban J connectivity index is 4.90. The molecule has 0 bridgehead atoms. The summed E-state index contributed by atoms with van der Waals surface area (Å²) in [6.07, 6.45) is 1.04. The van der Waals surface area contributed by atoms with E-state index in [0.717, 1.165) is 18.5 Å². The molecule has 12 heteroatoms. The van der Waals surface area contributed by atoms with Crippen molar-refractivity contribution < 1.29 is 16.5 Å². The standard InChI is InChI=1S/C15H40Cl2O4Si6/c1-12-23(2,3)18-25(6,7)20-27(10,11)21-26(8,9)19-24(4,5)15-13-14-22(16)17/h12,22H,1,13-15H2,2-11H3. The molecule has 0 unspecified atom stereocenters. The van der Waals surface area contributed by atoms with Crippen LogP contribution >= 0.6 is 22.2 Å². The van der Waals surface area contributed by atoms with Crippen molar-refractivity contribution in [1.82, 2.24) is 0 Å². The molecule has 0 N–H and O–H groups in total. The lowest BCUT2D eigenvalue weighted by molar-refractivity contribution is 0.299. The summed E-state index contributed by atoms with van der Waals surface area (Å²) in [6.45, 7) is 25.3. The number of halogens is 2. The summed E-state index contributed by atoms with van der Waals surface area (Å²) in [5.41, 5.74) is 1.95. The smallest absolute Gasteiger partial charge is 0.314 e. The Kier molecular flexibility index (Phi) is 11.2. The highest BCUT2D eigenvalue weighted by molar-refractivity contribution is 7.33. The molecule has 27 heavy (non-hydrogen) atoms. The average Bonchev–Trinajstić information content (AvgIpc) is 2.31. The minimum Gasteiger partial charge on any atom is -0.436 e. The van der Waals surface area contributed by atoms with Crippen LogP contribution in [-0.2, 0) is 16.5 Å². The van der Waals surface area contributed by atoms with Gasteiger partial charge in [-0.1, -0.05) is 12.1 Å². The molecule has 162 valence electrons. The molecule has 0 aliphatic heterocycles. The maximum Gasteiger partial charge on any atom is 0.314 e. The van der Waals surface area contributed by atoms with Gasteiger partial charge in [0, 0.05) is 0 Å². The quantitative estimate of drug-likeness (QED) is 0.207. The second-order valence-electron chi connectivity index (χ2n) is 9.46. The van der Waals surface area contributed by atoms with Gasteiger partial charge in [-0.05, 0) is 77.6 Å². The molecular formula is C15H40Cl2O4Si6. The van der Waals surface area contributed by atoms with Crippen LogP contribution < -0.4 is 0 Å². The topological polar surface area (TPSA) is 36.9 Å². The van der Waals surface area contributed by atoms with Crippen LogP contribution in [0.2, 0.25) is 77.6 Å². The van der Waals surface area contributed by atoms with Gasteiger partial charge in [-0.3, -0.25) is 0 Å². The highest BCUT2D eigenvalue weighted by Gasteiger charge is 2.45. The van der Waals surface area contributed by atoms with Gasteiger partial charge >= 0.3 is 25.7 Å². The van der Waals surface area contributed by atoms with Crippen molar-refractivity contribution in [3.63, 3.8) is 0 Å². The van der Waals surface area contributed by atoms with Crippen molar-refractivity contribution >= 4 is 71.9 Å². The van der Waals surface area contributed by atoms with Gasteiger partial charge in [0.05, 0.1) is 0 Å². The van der Waals surface area contributed by atoms with Crippen LogP contribution in [0.3, 0.4) is 0 Å². The van der Waals surface area contributed by atoms with E-state index in [1.54, 1.807) is 0 Å². The van der Waals surface area contributed by atoms with E-state index in [1.165, 1.54) is 0 Å². The first-order chi connectivity index (χ1) is 11.8. The first-order valence-corrected chi connectivity index (χ1v) is 28.4. The number of rotatable bonds is 13. The van der Waals surface area contributed by atoms with Gasteiger partial charge in [-0.25, -0.2) is 0 Å². The molecule has 0 aliphatic rings. The minimum absolute atomic E-state index is 0.940. The van der Waals surface area contributed by atoms with E-state index in [4.69, 9.17) is 38.6 Å². The molecule has 0 aliphatic carbocycles. The van der Waals surface area contributed by atoms with Crippen molar-refractivity contribution in [1.29, 1.82) is 0 Å². The normalized spacial score (nSPS) is 14.7. The molecule has 0 spiro atoms. The van der Waals surface area contributed by atoms with E-state index in [-0.39, 0.29) is 0 Å². The van der Waals surface area contributed by atoms with Crippen molar-refractivity contribution in [3.05, 3.63) is 12.3 Å². The van der Waals surface area contributed by atoms with Crippen LogP contribution in [0.5, 0.6) is 0 Å². The van der Waals surface area contributed by atoms with Crippen molar-refractivity contribution in [2.75, 3.05) is 0 Å². The fraction of sp³-hybridized carbons (Fsp3) is 0.867. The second kappa shape index (κ2) is 10.7. The fourth-order valence-corrected chi connectivity index (χ4v) is 28.5.